The van der Waals surface area contributed by atoms with Gasteiger partial charge in [-0.2, -0.15) is 0 Å². The van der Waals surface area contributed by atoms with Crippen molar-refractivity contribution in [2.45, 2.75) is 33.4 Å². The molecule has 0 saturated carbocycles. The summed E-state index contributed by atoms with van der Waals surface area (Å²) in [4.78, 5) is 33.1. The van der Waals surface area contributed by atoms with Crippen molar-refractivity contribution in [2.24, 2.45) is 0 Å². The molecular formula is C27H26N4O3S. The van der Waals surface area contributed by atoms with E-state index < -0.39 is 0 Å². The average Bonchev–Trinajstić information content (AvgIpc) is 3.42. The Labute approximate surface area is 206 Å². The van der Waals surface area contributed by atoms with Crippen LogP contribution in [0.5, 0.6) is 5.75 Å². The molecule has 2 heterocycles. The Bertz CT molecular complexity index is 1520. The smallest absolute Gasteiger partial charge is 0.329 e. The number of aryl methyl sites for hydroxylation is 2. The minimum absolute atomic E-state index is 0.103. The molecule has 35 heavy (non-hydrogen) atoms. The summed E-state index contributed by atoms with van der Waals surface area (Å²) in [6, 6.07) is 23.0. The first kappa shape index (κ1) is 22.9. The third-order valence-electron chi connectivity index (χ3n) is 5.92. The number of ether oxygens (including phenoxy) is 1. The van der Waals surface area contributed by atoms with E-state index in [2.05, 4.69) is 0 Å². The summed E-state index contributed by atoms with van der Waals surface area (Å²) in [5.41, 5.74) is 3.16. The lowest BCUT2D eigenvalue weighted by molar-refractivity contribution is -0.118. The highest BCUT2D eigenvalue weighted by atomic mass is 32.1. The number of thiazole rings is 1. The number of carbonyl (C=O) groups is 1. The molecule has 0 atom stereocenters. The molecule has 0 aliphatic heterocycles. The van der Waals surface area contributed by atoms with Gasteiger partial charge in [0.05, 0.1) is 33.5 Å². The third-order valence-corrected chi connectivity index (χ3v) is 6.94. The number of benzene rings is 3. The Morgan fingerprint density at radius 3 is 2.31 bits per heavy atom. The molecule has 2 aromatic heterocycles. The predicted molar refractivity (Wildman–Crippen MR) is 141 cm³/mol. The quantitative estimate of drug-likeness (QED) is 0.287. The zero-order valence-corrected chi connectivity index (χ0v) is 20.5. The first-order chi connectivity index (χ1) is 17.1. The van der Waals surface area contributed by atoms with Gasteiger partial charge in [-0.3, -0.25) is 18.8 Å². The molecule has 5 aromatic rings. The van der Waals surface area contributed by atoms with Gasteiger partial charge in [-0.05, 0) is 62.4 Å². The van der Waals surface area contributed by atoms with E-state index in [1.54, 1.807) is 14.0 Å². The van der Waals surface area contributed by atoms with Crippen LogP contribution in [0.3, 0.4) is 0 Å². The van der Waals surface area contributed by atoms with Gasteiger partial charge in [0.1, 0.15) is 5.75 Å². The number of rotatable bonds is 8. The first-order valence-corrected chi connectivity index (χ1v) is 12.5. The van der Waals surface area contributed by atoms with Gasteiger partial charge in [0, 0.05) is 19.5 Å². The lowest BCUT2D eigenvalue weighted by Crippen LogP contribution is -2.29. The van der Waals surface area contributed by atoms with Gasteiger partial charge in [0.2, 0.25) is 5.91 Å². The molecule has 8 heteroatoms. The lowest BCUT2D eigenvalue weighted by atomic mass is 10.2. The van der Waals surface area contributed by atoms with Crippen molar-refractivity contribution in [1.29, 1.82) is 0 Å². The zero-order valence-electron chi connectivity index (χ0n) is 19.7. The van der Waals surface area contributed by atoms with Gasteiger partial charge in [-0.15, -0.1) is 0 Å². The molecular weight excluding hydrogens is 460 g/mol. The minimum Gasteiger partial charge on any atom is -0.494 e. The Kier molecular flexibility index (Phi) is 6.37. The van der Waals surface area contributed by atoms with Crippen LogP contribution in [0.2, 0.25) is 0 Å². The summed E-state index contributed by atoms with van der Waals surface area (Å²) in [6.45, 7) is 5.31. The molecule has 0 unspecified atom stereocenters. The van der Waals surface area contributed by atoms with Gasteiger partial charge >= 0.3 is 5.69 Å². The van der Waals surface area contributed by atoms with Crippen LogP contribution in [-0.2, 0) is 17.9 Å². The zero-order chi connectivity index (χ0) is 24.4. The Morgan fingerprint density at radius 1 is 0.943 bits per heavy atom. The number of carbonyl (C=O) groups excluding carboxylic acids is 1. The van der Waals surface area contributed by atoms with E-state index in [9.17, 15) is 9.59 Å². The van der Waals surface area contributed by atoms with Crippen molar-refractivity contribution >= 4 is 49.3 Å². The molecule has 0 radical (unpaired) electrons. The molecule has 0 saturated heterocycles. The normalized spacial score (nSPS) is 11.3. The first-order valence-electron chi connectivity index (χ1n) is 11.7. The second kappa shape index (κ2) is 9.76. The van der Waals surface area contributed by atoms with Crippen molar-refractivity contribution in [1.82, 2.24) is 14.1 Å². The summed E-state index contributed by atoms with van der Waals surface area (Å²) in [6.07, 6.45) is 0.154. The van der Waals surface area contributed by atoms with Crippen LogP contribution >= 0.6 is 11.3 Å². The van der Waals surface area contributed by atoms with Crippen LogP contribution in [0.25, 0.3) is 21.3 Å². The van der Waals surface area contributed by atoms with E-state index in [0.717, 1.165) is 27.0 Å². The SMILES string of the molecule is CCOc1ccc(N(C(=O)CCn2c(=O)n(CC)c3ccccc32)c2nc3ccccc3s2)cc1. The molecule has 178 valence electrons. The highest BCUT2D eigenvalue weighted by Gasteiger charge is 2.23. The summed E-state index contributed by atoms with van der Waals surface area (Å²) in [5.74, 6) is 0.611. The summed E-state index contributed by atoms with van der Waals surface area (Å²) in [5, 5.41) is 0.601. The van der Waals surface area contributed by atoms with Gasteiger partial charge < -0.3 is 4.74 Å². The lowest BCUT2D eigenvalue weighted by Gasteiger charge is -2.20. The molecule has 7 nitrogen and oxygen atoms in total. The Morgan fingerprint density at radius 2 is 1.63 bits per heavy atom. The monoisotopic (exact) mass is 486 g/mol. The van der Waals surface area contributed by atoms with E-state index >= 15 is 0 Å². The van der Waals surface area contributed by atoms with Crippen molar-refractivity contribution in [2.75, 3.05) is 11.5 Å². The van der Waals surface area contributed by atoms with Gasteiger partial charge in [-0.25, -0.2) is 9.78 Å². The highest BCUT2D eigenvalue weighted by molar-refractivity contribution is 7.22. The minimum atomic E-state index is -0.131. The molecule has 0 fully saturated rings. The van der Waals surface area contributed by atoms with Crippen molar-refractivity contribution in [3.05, 3.63) is 83.3 Å². The fraction of sp³-hybridized carbons (Fsp3) is 0.222. The maximum atomic E-state index is 13.7. The standard InChI is InChI=1S/C27H26N4O3S/c1-3-29-22-10-6-7-11-23(22)30(27(29)33)18-17-25(32)31(19-13-15-20(16-14-19)34-4-2)26-28-21-9-5-8-12-24(21)35-26/h5-16H,3-4,17-18H2,1-2H3. The number of hydrogen-bond acceptors (Lipinski definition) is 5. The number of para-hydroxylation sites is 3. The molecule has 5 rings (SSSR count). The average molecular weight is 487 g/mol. The molecule has 0 aliphatic carbocycles. The van der Waals surface area contributed by atoms with E-state index in [1.807, 2.05) is 86.6 Å². The van der Waals surface area contributed by atoms with Crippen LogP contribution in [0.4, 0.5) is 10.8 Å². The van der Waals surface area contributed by atoms with Gasteiger partial charge in [0.25, 0.3) is 0 Å². The van der Waals surface area contributed by atoms with Crippen LogP contribution < -0.4 is 15.3 Å². The highest BCUT2D eigenvalue weighted by Crippen LogP contribution is 2.34. The molecule has 0 spiro atoms. The van der Waals surface area contributed by atoms with E-state index in [4.69, 9.17) is 9.72 Å². The van der Waals surface area contributed by atoms with E-state index in [1.165, 1.54) is 11.3 Å². The molecule has 0 aliphatic rings. The van der Waals surface area contributed by atoms with E-state index in [-0.39, 0.29) is 24.6 Å². The van der Waals surface area contributed by atoms with Crippen molar-refractivity contribution in [3.8, 4) is 5.75 Å². The number of imidazole rings is 1. The Hall–Kier alpha value is -3.91. The molecule has 1 amide bonds. The van der Waals surface area contributed by atoms with Crippen LogP contribution in [0.15, 0.2) is 77.6 Å². The maximum Gasteiger partial charge on any atom is 0.329 e. The fourth-order valence-corrected chi connectivity index (χ4v) is 5.29. The second-order valence-electron chi connectivity index (χ2n) is 8.04. The molecule has 3 aromatic carbocycles. The van der Waals surface area contributed by atoms with Crippen molar-refractivity contribution in [3.63, 3.8) is 0 Å². The molecule has 0 N–H and O–H groups in total. The van der Waals surface area contributed by atoms with Crippen molar-refractivity contribution < 1.29 is 9.53 Å². The summed E-state index contributed by atoms with van der Waals surface area (Å²) < 4.78 is 10.00. The predicted octanol–water partition coefficient (Wildman–Crippen LogP) is 5.59. The maximum absolute atomic E-state index is 13.7. The number of amides is 1. The largest absolute Gasteiger partial charge is 0.494 e. The van der Waals surface area contributed by atoms with Crippen LogP contribution in [0, 0.1) is 0 Å². The number of nitrogens with zero attached hydrogens (tertiary/aromatic N) is 4. The fourth-order valence-electron chi connectivity index (χ4n) is 4.29. The number of aromatic nitrogens is 3. The van der Waals surface area contributed by atoms with Gasteiger partial charge in [0.15, 0.2) is 5.13 Å². The van der Waals surface area contributed by atoms with E-state index in [0.29, 0.717) is 24.0 Å². The topological polar surface area (TPSA) is 69.4 Å². The summed E-state index contributed by atoms with van der Waals surface area (Å²) in [7, 11) is 0. The third kappa shape index (κ3) is 4.33. The number of anilines is 2. The number of fused-ring (bicyclic) bond motifs is 2. The Balaban J connectivity index is 1.49. The van der Waals surface area contributed by atoms with Gasteiger partial charge in [-0.1, -0.05) is 35.6 Å². The van der Waals surface area contributed by atoms with Crippen LogP contribution in [-0.4, -0.2) is 26.6 Å². The van der Waals surface area contributed by atoms with Crippen LogP contribution in [0.1, 0.15) is 20.3 Å². The summed E-state index contributed by atoms with van der Waals surface area (Å²) >= 11 is 1.47. The second-order valence-corrected chi connectivity index (χ2v) is 9.05. The number of hydrogen-bond donors (Lipinski definition) is 0. The molecule has 0 bridgehead atoms.